The van der Waals surface area contributed by atoms with Crippen LogP contribution >= 0.6 is 0 Å². The molecule has 23 heavy (non-hydrogen) atoms. The van der Waals surface area contributed by atoms with Crippen LogP contribution in [0, 0.1) is 11.3 Å². The Kier molecular flexibility index (Phi) is 4.07. The second kappa shape index (κ2) is 6.50. The van der Waals surface area contributed by atoms with Crippen molar-refractivity contribution in [1.82, 2.24) is 10.2 Å². The number of aromatic nitrogens is 2. The van der Waals surface area contributed by atoms with Gasteiger partial charge in [-0.05, 0) is 36.4 Å². The van der Waals surface area contributed by atoms with Gasteiger partial charge in [0, 0.05) is 11.3 Å². The van der Waals surface area contributed by atoms with Gasteiger partial charge in [0.05, 0.1) is 17.3 Å². The van der Waals surface area contributed by atoms with Gasteiger partial charge in [0.2, 0.25) is 0 Å². The van der Waals surface area contributed by atoms with Crippen molar-refractivity contribution in [2.75, 3.05) is 5.32 Å². The Morgan fingerprint density at radius 2 is 1.65 bits per heavy atom. The summed E-state index contributed by atoms with van der Waals surface area (Å²) in [5.41, 5.74) is 3.02. The first-order valence-electron chi connectivity index (χ1n) is 6.97. The van der Waals surface area contributed by atoms with Crippen LogP contribution in [0.2, 0.25) is 0 Å². The van der Waals surface area contributed by atoms with E-state index in [1.54, 1.807) is 36.4 Å². The first-order chi connectivity index (χ1) is 11.3. The molecule has 0 radical (unpaired) electrons. The van der Waals surface area contributed by atoms with Crippen LogP contribution in [-0.4, -0.2) is 16.1 Å². The molecule has 3 aromatic rings. The molecule has 1 N–H and O–H groups in total. The van der Waals surface area contributed by atoms with Crippen molar-refractivity contribution in [1.29, 1.82) is 5.26 Å². The fraction of sp³-hybridized carbons (Fsp3) is 0. The molecule has 0 aliphatic rings. The number of benzene rings is 2. The molecule has 0 saturated carbocycles. The normalized spacial score (nSPS) is 9.87. The molecular formula is C18H12N4O. The zero-order valence-electron chi connectivity index (χ0n) is 12.1. The monoisotopic (exact) mass is 300 g/mol. The highest BCUT2D eigenvalue weighted by Crippen LogP contribution is 2.15. The lowest BCUT2D eigenvalue weighted by molar-refractivity contribution is 0.102. The Morgan fingerprint density at radius 1 is 0.913 bits per heavy atom. The van der Waals surface area contributed by atoms with Gasteiger partial charge < -0.3 is 5.32 Å². The zero-order chi connectivity index (χ0) is 16.1. The van der Waals surface area contributed by atoms with Crippen molar-refractivity contribution in [3.05, 3.63) is 78.0 Å². The van der Waals surface area contributed by atoms with Crippen LogP contribution in [0.4, 0.5) is 5.69 Å². The SMILES string of the molecule is N#Cc1ccc(NC(=O)c2ccc(-c3ccccc3)nn2)cc1. The molecule has 0 aliphatic heterocycles. The second-order valence-corrected chi connectivity index (χ2v) is 4.81. The average Bonchev–Trinajstić information content (AvgIpc) is 2.63. The topological polar surface area (TPSA) is 78.7 Å². The lowest BCUT2D eigenvalue weighted by Gasteiger charge is -2.05. The van der Waals surface area contributed by atoms with Crippen LogP contribution in [0.25, 0.3) is 11.3 Å². The fourth-order valence-corrected chi connectivity index (χ4v) is 2.04. The minimum absolute atomic E-state index is 0.231. The van der Waals surface area contributed by atoms with Gasteiger partial charge in [0.15, 0.2) is 5.69 Å². The number of anilines is 1. The molecule has 3 rings (SSSR count). The van der Waals surface area contributed by atoms with Crippen molar-refractivity contribution < 1.29 is 4.79 Å². The van der Waals surface area contributed by atoms with Crippen LogP contribution in [0.15, 0.2) is 66.7 Å². The van der Waals surface area contributed by atoms with E-state index in [1.165, 1.54) is 0 Å². The molecule has 2 aromatic carbocycles. The highest BCUT2D eigenvalue weighted by molar-refractivity contribution is 6.02. The predicted octanol–water partition coefficient (Wildman–Crippen LogP) is 3.27. The molecule has 0 bridgehead atoms. The van der Waals surface area contributed by atoms with Gasteiger partial charge in [-0.2, -0.15) is 5.26 Å². The van der Waals surface area contributed by atoms with E-state index in [9.17, 15) is 4.79 Å². The number of nitrogens with zero attached hydrogens (tertiary/aromatic N) is 3. The summed E-state index contributed by atoms with van der Waals surface area (Å²) < 4.78 is 0. The molecule has 5 nitrogen and oxygen atoms in total. The molecule has 5 heteroatoms. The van der Waals surface area contributed by atoms with E-state index < -0.39 is 0 Å². The number of nitrogens with one attached hydrogen (secondary N) is 1. The quantitative estimate of drug-likeness (QED) is 0.805. The van der Waals surface area contributed by atoms with Crippen molar-refractivity contribution in [2.24, 2.45) is 0 Å². The largest absolute Gasteiger partial charge is 0.321 e. The Bertz CT molecular complexity index is 850. The lowest BCUT2D eigenvalue weighted by atomic mass is 10.1. The third-order valence-corrected chi connectivity index (χ3v) is 3.24. The Hall–Kier alpha value is -3.52. The number of carbonyl (C=O) groups excluding carboxylic acids is 1. The molecule has 1 amide bonds. The number of nitriles is 1. The van der Waals surface area contributed by atoms with Gasteiger partial charge in [-0.1, -0.05) is 30.3 Å². The summed E-state index contributed by atoms with van der Waals surface area (Å²) in [7, 11) is 0. The molecular weight excluding hydrogens is 288 g/mol. The van der Waals surface area contributed by atoms with Crippen LogP contribution in [0.3, 0.4) is 0 Å². The Balaban J connectivity index is 1.74. The van der Waals surface area contributed by atoms with Gasteiger partial charge in [-0.3, -0.25) is 4.79 Å². The van der Waals surface area contributed by atoms with E-state index >= 15 is 0 Å². The Morgan fingerprint density at radius 3 is 2.26 bits per heavy atom. The minimum Gasteiger partial charge on any atom is -0.321 e. The number of amides is 1. The van der Waals surface area contributed by atoms with Crippen molar-refractivity contribution in [2.45, 2.75) is 0 Å². The van der Waals surface area contributed by atoms with E-state index in [1.807, 2.05) is 36.4 Å². The summed E-state index contributed by atoms with van der Waals surface area (Å²) in [6, 6.07) is 21.7. The van der Waals surface area contributed by atoms with E-state index in [-0.39, 0.29) is 11.6 Å². The number of rotatable bonds is 3. The maximum absolute atomic E-state index is 12.1. The molecule has 0 saturated heterocycles. The van der Waals surface area contributed by atoms with Crippen molar-refractivity contribution in [3.63, 3.8) is 0 Å². The van der Waals surface area contributed by atoms with Gasteiger partial charge in [-0.25, -0.2) is 0 Å². The summed E-state index contributed by atoms with van der Waals surface area (Å²) in [4.78, 5) is 12.1. The summed E-state index contributed by atoms with van der Waals surface area (Å²) >= 11 is 0. The number of carbonyl (C=O) groups is 1. The third-order valence-electron chi connectivity index (χ3n) is 3.24. The predicted molar refractivity (Wildman–Crippen MR) is 86.6 cm³/mol. The van der Waals surface area contributed by atoms with Crippen molar-refractivity contribution >= 4 is 11.6 Å². The number of hydrogen-bond donors (Lipinski definition) is 1. The molecule has 0 atom stereocenters. The van der Waals surface area contributed by atoms with E-state index in [0.29, 0.717) is 16.9 Å². The molecule has 0 fully saturated rings. The molecule has 1 aromatic heterocycles. The first kappa shape index (κ1) is 14.4. The fourth-order valence-electron chi connectivity index (χ4n) is 2.04. The van der Waals surface area contributed by atoms with E-state index in [2.05, 4.69) is 15.5 Å². The highest BCUT2D eigenvalue weighted by Gasteiger charge is 2.09. The zero-order valence-corrected chi connectivity index (χ0v) is 12.1. The first-order valence-corrected chi connectivity index (χ1v) is 6.97. The smallest absolute Gasteiger partial charge is 0.276 e. The maximum Gasteiger partial charge on any atom is 0.276 e. The van der Waals surface area contributed by atoms with Gasteiger partial charge >= 0.3 is 0 Å². The van der Waals surface area contributed by atoms with Crippen molar-refractivity contribution in [3.8, 4) is 17.3 Å². The molecule has 0 unspecified atom stereocenters. The summed E-state index contributed by atoms with van der Waals surface area (Å²) in [6.07, 6.45) is 0. The number of hydrogen-bond acceptors (Lipinski definition) is 4. The van der Waals surface area contributed by atoms with Gasteiger partial charge in [0.25, 0.3) is 5.91 Å². The standard InChI is InChI=1S/C18H12N4O/c19-12-13-6-8-15(9-7-13)20-18(23)17-11-10-16(21-22-17)14-4-2-1-3-5-14/h1-11H,(H,20,23). The van der Waals surface area contributed by atoms with Crippen LogP contribution in [-0.2, 0) is 0 Å². The second-order valence-electron chi connectivity index (χ2n) is 4.81. The van der Waals surface area contributed by atoms with Crippen LogP contribution in [0.5, 0.6) is 0 Å². The Labute approximate surface area is 133 Å². The summed E-state index contributed by atoms with van der Waals surface area (Å²) in [5.74, 6) is -0.346. The highest BCUT2D eigenvalue weighted by atomic mass is 16.1. The third kappa shape index (κ3) is 3.39. The molecule has 0 spiro atoms. The van der Waals surface area contributed by atoms with Crippen LogP contribution < -0.4 is 5.32 Å². The maximum atomic E-state index is 12.1. The van der Waals surface area contributed by atoms with E-state index in [4.69, 9.17) is 5.26 Å². The van der Waals surface area contributed by atoms with Gasteiger partial charge in [-0.15, -0.1) is 10.2 Å². The van der Waals surface area contributed by atoms with E-state index in [0.717, 1.165) is 5.56 Å². The average molecular weight is 300 g/mol. The minimum atomic E-state index is -0.346. The summed E-state index contributed by atoms with van der Waals surface area (Å²) in [5, 5.41) is 19.5. The lowest BCUT2D eigenvalue weighted by Crippen LogP contribution is -2.14. The molecule has 0 aliphatic carbocycles. The summed E-state index contributed by atoms with van der Waals surface area (Å²) in [6.45, 7) is 0. The van der Waals surface area contributed by atoms with Crippen LogP contribution in [0.1, 0.15) is 16.1 Å². The van der Waals surface area contributed by atoms with Gasteiger partial charge in [0.1, 0.15) is 0 Å². The molecule has 110 valence electrons. The molecule has 1 heterocycles.